The molecule has 1 amide bonds. The molecule has 2 rings (SSSR count). The Hall–Kier alpha value is -1.03. The number of carbonyl (C=O) groups excluding carboxylic acids is 1. The summed E-state index contributed by atoms with van der Waals surface area (Å²) < 4.78 is 13.6. The van der Waals surface area contributed by atoms with Gasteiger partial charge in [-0.25, -0.2) is 4.39 Å². The summed E-state index contributed by atoms with van der Waals surface area (Å²) in [6, 6.07) is 4.29. The maximum Gasteiger partial charge on any atom is 0.254 e. The minimum atomic E-state index is -0.496. The number of halogens is 1. The standard InChI is InChI=1S/C14H18FNOS/c1-14(7-3-2-4-8-14)16-13(17)11-9-10(18)5-6-12(11)15/h5-6,9,18H,2-4,7-8H2,1H3,(H,16,17). The Morgan fingerprint density at radius 1 is 1.33 bits per heavy atom. The van der Waals surface area contributed by atoms with Gasteiger partial charge in [0, 0.05) is 10.4 Å². The van der Waals surface area contributed by atoms with Crippen molar-refractivity contribution in [3.8, 4) is 0 Å². The van der Waals surface area contributed by atoms with Gasteiger partial charge in [-0.1, -0.05) is 19.3 Å². The molecule has 0 heterocycles. The van der Waals surface area contributed by atoms with E-state index >= 15 is 0 Å². The van der Waals surface area contributed by atoms with E-state index in [-0.39, 0.29) is 17.0 Å². The molecule has 18 heavy (non-hydrogen) atoms. The number of carbonyl (C=O) groups is 1. The van der Waals surface area contributed by atoms with Crippen molar-refractivity contribution in [1.82, 2.24) is 5.32 Å². The average Bonchev–Trinajstić information content (AvgIpc) is 2.32. The van der Waals surface area contributed by atoms with Crippen LogP contribution >= 0.6 is 12.6 Å². The number of benzene rings is 1. The van der Waals surface area contributed by atoms with Crippen molar-refractivity contribution in [2.24, 2.45) is 0 Å². The van der Waals surface area contributed by atoms with Crippen LogP contribution in [0.5, 0.6) is 0 Å². The fourth-order valence-electron chi connectivity index (χ4n) is 2.49. The van der Waals surface area contributed by atoms with Crippen LogP contribution in [0.1, 0.15) is 49.4 Å². The average molecular weight is 267 g/mol. The van der Waals surface area contributed by atoms with Crippen LogP contribution in [0.15, 0.2) is 23.1 Å². The molecule has 0 unspecified atom stereocenters. The minimum Gasteiger partial charge on any atom is -0.347 e. The van der Waals surface area contributed by atoms with E-state index in [4.69, 9.17) is 0 Å². The van der Waals surface area contributed by atoms with Gasteiger partial charge in [0.1, 0.15) is 5.82 Å². The third-order valence-electron chi connectivity index (χ3n) is 3.57. The lowest BCUT2D eigenvalue weighted by Crippen LogP contribution is -2.47. The maximum absolute atomic E-state index is 13.6. The van der Waals surface area contributed by atoms with E-state index in [0.717, 1.165) is 25.7 Å². The molecule has 0 atom stereocenters. The predicted molar refractivity (Wildman–Crippen MR) is 72.6 cm³/mol. The van der Waals surface area contributed by atoms with E-state index in [9.17, 15) is 9.18 Å². The third kappa shape index (κ3) is 3.05. The maximum atomic E-state index is 13.6. The molecule has 0 aromatic heterocycles. The van der Waals surface area contributed by atoms with Gasteiger partial charge in [-0.2, -0.15) is 0 Å². The van der Waals surface area contributed by atoms with Crippen molar-refractivity contribution in [2.45, 2.75) is 49.5 Å². The Morgan fingerprint density at radius 2 is 2.00 bits per heavy atom. The Balaban J connectivity index is 2.14. The quantitative estimate of drug-likeness (QED) is 0.788. The second kappa shape index (κ2) is 5.31. The summed E-state index contributed by atoms with van der Waals surface area (Å²) in [6.07, 6.45) is 5.37. The fourth-order valence-corrected chi connectivity index (χ4v) is 2.69. The number of amides is 1. The number of hydrogen-bond acceptors (Lipinski definition) is 2. The monoisotopic (exact) mass is 267 g/mol. The van der Waals surface area contributed by atoms with E-state index in [2.05, 4.69) is 17.9 Å². The van der Waals surface area contributed by atoms with Crippen molar-refractivity contribution in [3.05, 3.63) is 29.6 Å². The molecule has 0 spiro atoms. The summed E-state index contributed by atoms with van der Waals surface area (Å²) in [7, 11) is 0. The Labute approximate surface area is 112 Å². The lowest BCUT2D eigenvalue weighted by atomic mass is 9.83. The van der Waals surface area contributed by atoms with Crippen LogP contribution in [0.2, 0.25) is 0 Å². The summed E-state index contributed by atoms with van der Waals surface area (Å²) in [5.74, 6) is -0.836. The first-order valence-electron chi connectivity index (χ1n) is 6.31. The first-order chi connectivity index (χ1) is 8.50. The number of rotatable bonds is 2. The highest BCUT2D eigenvalue weighted by Crippen LogP contribution is 2.28. The van der Waals surface area contributed by atoms with Crippen LogP contribution in [0.4, 0.5) is 4.39 Å². The topological polar surface area (TPSA) is 29.1 Å². The van der Waals surface area contributed by atoms with E-state index in [1.807, 2.05) is 6.92 Å². The molecule has 1 aromatic rings. The molecular weight excluding hydrogens is 249 g/mol. The van der Waals surface area contributed by atoms with Crippen molar-refractivity contribution >= 4 is 18.5 Å². The van der Waals surface area contributed by atoms with E-state index in [0.29, 0.717) is 4.90 Å². The van der Waals surface area contributed by atoms with Gasteiger partial charge < -0.3 is 5.32 Å². The first kappa shape index (κ1) is 13.4. The Bertz CT molecular complexity index is 455. The van der Waals surface area contributed by atoms with Crippen LogP contribution in [0, 0.1) is 5.82 Å². The zero-order chi connectivity index (χ0) is 13.2. The lowest BCUT2D eigenvalue weighted by molar-refractivity contribution is 0.0878. The van der Waals surface area contributed by atoms with E-state index in [1.54, 1.807) is 0 Å². The van der Waals surface area contributed by atoms with Gasteiger partial charge in [-0.05, 0) is 38.0 Å². The SMILES string of the molecule is CC1(NC(=O)c2cc(S)ccc2F)CCCCC1. The van der Waals surface area contributed by atoms with Gasteiger partial charge in [0.2, 0.25) is 0 Å². The number of thiol groups is 1. The molecule has 0 aliphatic heterocycles. The predicted octanol–water partition coefficient (Wildman–Crippen LogP) is 3.57. The highest BCUT2D eigenvalue weighted by molar-refractivity contribution is 7.80. The molecule has 0 saturated heterocycles. The van der Waals surface area contributed by atoms with Gasteiger partial charge in [0.25, 0.3) is 5.91 Å². The molecule has 1 saturated carbocycles. The largest absolute Gasteiger partial charge is 0.347 e. The summed E-state index contributed by atoms with van der Waals surface area (Å²) in [6.45, 7) is 2.03. The zero-order valence-corrected chi connectivity index (χ0v) is 11.4. The highest BCUT2D eigenvalue weighted by atomic mass is 32.1. The molecule has 4 heteroatoms. The van der Waals surface area contributed by atoms with E-state index < -0.39 is 5.82 Å². The Morgan fingerprint density at radius 3 is 2.67 bits per heavy atom. The molecule has 1 fully saturated rings. The third-order valence-corrected chi connectivity index (χ3v) is 3.85. The van der Waals surface area contributed by atoms with Crippen LogP contribution in [0.3, 0.4) is 0 Å². The van der Waals surface area contributed by atoms with Crippen molar-refractivity contribution in [1.29, 1.82) is 0 Å². The van der Waals surface area contributed by atoms with Gasteiger partial charge >= 0.3 is 0 Å². The van der Waals surface area contributed by atoms with Gasteiger partial charge in [-0.3, -0.25) is 4.79 Å². The molecule has 1 aromatic carbocycles. The molecule has 0 radical (unpaired) electrons. The summed E-state index contributed by atoms with van der Waals surface area (Å²) in [5, 5.41) is 2.97. The molecule has 98 valence electrons. The zero-order valence-electron chi connectivity index (χ0n) is 10.5. The van der Waals surface area contributed by atoms with Gasteiger partial charge in [0.05, 0.1) is 5.56 Å². The molecular formula is C14H18FNOS. The Kier molecular flexibility index (Phi) is 3.95. The molecule has 1 aliphatic rings. The molecule has 2 nitrogen and oxygen atoms in total. The highest BCUT2D eigenvalue weighted by Gasteiger charge is 2.29. The summed E-state index contributed by atoms with van der Waals surface area (Å²) >= 11 is 4.14. The van der Waals surface area contributed by atoms with E-state index in [1.165, 1.54) is 24.6 Å². The minimum absolute atomic E-state index is 0.0781. The van der Waals surface area contributed by atoms with Crippen LogP contribution in [-0.2, 0) is 0 Å². The van der Waals surface area contributed by atoms with Crippen molar-refractivity contribution in [3.63, 3.8) is 0 Å². The van der Waals surface area contributed by atoms with Crippen molar-refractivity contribution in [2.75, 3.05) is 0 Å². The fraction of sp³-hybridized carbons (Fsp3) is 0.500. The molecule has 0 bridgehead atoms. The van der Waals surface area contributed by atoms with Crippen molar-refractivity contribution < 1.29 is 9.18 Å². The summed E-state index contributed by atoms with van der Waals surface area (Å²) in [4.78, 5) is 12.7. The van der Waals surface area contributed by atoms with Crippen LogP contribution < -0.4 is 5.32 Å². The van der Waals surface area contributed by atoms with Crippen LogP contribution in [0.25, 0.3) is 0 Å². The number of nitrogens with one attached hydrogen (secondary N) is 1. The molecule has 1 N–H and O–H groups in total. The lowest BCUT2D eigenvalue weighted by Gasteiger charge is -2.34. The molecule has 1 aliphatic carbocycles. The van der Waals surface area contributed by atoms with Gasteiger partial charge in [-0.15, -0.1) is 12.6 Å². The smallest absolute Gasteiger partial charge is 0.254 e. The van der Waals surface area contributed by atoms with Crippen LogP contribution in [-0.4, -0.2) is 11.4 Å². The van der Waals surface area contributed by atoms with Gasteiger partial charge in [0.15, 0.2) is 0 Å². The number of hydrogen-bond donors (Lipinski definition) is 2. The second-order valence-corrected chi connectivity index (χ2v) is 5.76. The first-order valence-corrected chi connectivity index (χ1v) is 6.76. The normalized spacial score (nSPS) is 18.4. The summed E-state index contributed by atoms with van der Waals surface area (Å²) in [5.41, 5.74) is -0.122. The second-order valence-electron chi connectivity index (χ2n) is 5.24.